The molecule has 10 nitrogen and oxygen atoms in total. The van der Waals surface area contributed by atoms with Crippen molar-refractivity contribution in [2.75, 3.05) is 20.0 Å². The summed E-state index contributed by atoms with van der Waals surface area (Å²) >= 11 is 2.79. The van der Waals surface area contributed by atoms with Crippen molar-refractivity contribution in [1.29, 1.82) is 0 Å². The fourth-order valence-corrected chi connectivity index (χ4v) is 6.79. The summed E-state index contributed by atoms with van der Waals surface area (Å²) in [6, 6.07) is 22.5. The van der Waals surface area contributed by atoms with E-state index in [0.717, 1.165) is 27.4 Å². The molecule has 1 aliphatic heterocycles. The smallest absolute Gasteiger partial charge is 0.253 e. The number of carbonyl (C=O) groups is 2. The highest BCUT2D eigenvalue weighted by Gasteiger charge is 2.34. The van der Waals surface area contributed by atoms with Gasteiger partial charge in [0.15, 0.2) is 22.5 Å². The maximum atomic E-state index is 13.8. The fourth-order valence-electron chi connectivity index (χ4n) is 5.24. The average Bonchev–Trinajstić information content (AvgIpc) is 3.86. The van der Waals surface area contributed by atoms with Crippen LogP contribution in [0.25, 0.3) is 5.69 Å². The lowest BCUT2D eigenvalue weighted by Gasteiger charge is -2.22. The van der Waals surface area contributed by atoms with Crippen molar-refractivity contribution in [1.82, 2.24) is 25.1 Å². The van der Waals surface area contributed by atoms with Crippen LogP contribution in [-0.2, 0) is 11.3 Å². The van der Waals surface area contributed by atoms with Gasteiger partial charge in [0.1, 0.15) is 5.82 Å². The van der Waals surface area contributed by atoms with Gasteiger partial charge in [-0.15, -0.1) is 21.5 Å². The Labute approximate surface area is 279 Å². The summed E-state index contributed by atoms with van der Waals surface area (Å²) in [5.74, 6) is 0.589. The van der Waals surface area contributed by atoms with Gasteiger partial charge in [0.25, 0.3) is 11.8 Å². The molecule has 0 saturated carbocycles. The number of thioether (sulfide) groups is 1. The molecular formula is C34H31FN6O4S2. The average molecular weight is 671 g/mol. The van der Waals surface area contributed by atoms with Crippen LogP contribution in [0.15, 0.2) is 94.5 Å². The molecule has 1 aliphatic rings. The molecular weight excluding hydrogens is 640 g/mol. The van der Waals surface area contributed by atoms with E-state index in [1.54, 1.807) is 41.7 Å². The SMILES string of the molecule is COc1ccc(C(=O)NCc2nnc(SCC(=O)N3N=C(c4cccs4)C[C@H]3c3ccc(F)cc3)n2-c2cccc(C)c2)cc1OC. The lowest BCUT2D eigenvalue weighted by molar-refractivity contribution is -0.130. The highest BCUT2D eigenvalue weighted by Crippen LogP contribution is 2.35. The van der Waals surface area contributed by atoms with Gasteiger partial charge in [-0.2, -0.15) is 5.10 Å². The van der Waals surface area contributed by atoms with E-state index < -0.39 is 0 Å². The Morgan fingerprint density at radius 2 is 1.81 bits per heavy atom. The highest BCUT2D eigenvalue weighted by atomic mass is 32.2. The number of carbonyl (C=O) groups excluding carboxylic acids is 2. The molecule has 1 N–H and O–H groups in total. The number of halogens is 1. The van der Waals surface area contributed by atoms with Crippen LogP contribution in [0.3, 0.4) is 0 Å². The van der Waals surface area contributed by atoms with Crippen LogP contribution in [-0.4, -0.2) is 57.3 Å². The summed E-state index contributed by atoms with van der Waals surface area (Å²) < 4.78 is 26.2. The first-order valence-corrected chi connectivity index (χ1v) is 16.5. The van der Waals surface area contributed by atoms with Gasteiger partial charge in [-0.3, -0.25) is 14.2 Å². The zero-order valence-corrected chi connectivity index (χ0v) is 27.5. The molecule has 0 aliphatic carbocycles. The standard InChI is InChI=1S/C34H31FN6O4S2/c1-21-6-4-7-25(16-21)40-31(19-36-33(43)23-11-14-28(44-2)29(17-23)45-3)37-38-34(40)47-20-32(42)41-27(22-9-12-24(35)13-10-22)18-26(39-41)30-8-5-15-46-30/h4-17,27H,18-20H2,1-3H3,(H,36,43)/t27-/m0/s1. The lowest BCUT2D eigenvalue weighted by atomic mass is 10.0. The molecule has 2 amide bonds. The van der Waals surface area contributed by atoms with E-state index in [9.17, 15) is 14.0 Å². The quantitative estimate of drug-likeness (QED) is 0.167. The Morgan fingerprint density at radius 1 is 1.00 bits per heavy atom. The molecule has 13 heteroatoms. The van der Waals surface area contributed by atoms with E-state index >= 15 is 0 Å². The molecule has 0 fully saturated rings. The number of nitrogens with one attached hydrogen (secondary N) is 1. The van der Waals surface area contributed by atoms with E-state index in [-0.39, 0.29) is 36.0 Å². The molecule has 1 atom stereocenters. The monoisotopic (exact) mass is 670 g/mol. The van der Waals surface area contributed by atoms with Crippen molar-refractivity contribution in [2.24, 2.45) is 5.10 Å². The molecule has 0 saturated heterocycles. The second kappa shape index (κ2) is 14.2. The van der Waals surface area contributed by atoms with Crippen LogP contribution >= 0.6 is 23.1 Å². The minimum atomic E-state index is -0.363. The van der Waals surface area contributed by atoms with Gasteiger partial charge in [0, 0.05) is 17.7 Å². The summed E-state index contributed by atoms with van der Waals surface area (Å²) in [6.45, 7) is 2.06. The largest absolute Gasteiger partial charge is 0.493 e. The Hall–Kier alpha value is -5.01. The fraction of sp³-hybridized carbons (Fsp3) is 0.206. The third kappa shape index (κ3) is 7.05. The number of methoxy groups -OCH3 is 2. The van der Waals surface area contributed by atoms with Crippen LogP contribution in [0.2, 0.25) is 0 Å². The predicted octanol–water partition coefficient (Wildman–Crippen LogP) is 6.19. The Balaban J connectivity index is 1.23. The normalized spacial score (nSPS) is 14.2. The topological polar surface area (TPSA) is 111 Å². The Bertz CT molecular complexity index is 1930. The third-order valence-corrected chi connectivity index (χ3v) is 9.40. The van der Waals surface area contributed by atoms with Crippen molar-refractivity contribution in [3.8, 4) is 17.2 Å². The molecule has 3 heterocycles. The second-order valence-corrected chi connectivity index (χ2v) is 12.5. The second-order valence-electron chi connectivity index (χ2n) is 10.6. The number of benzene rings is 3. The summed E-state index contributed by atoms with van der Waals surface area (Å²) in [6.07, 6.45) is 0.520. The molecule has 3 aromatic carbocycles. The number of nitrogens with zero attached hydrogens (tertiary/aromatic N) is 5. The van der Waals surface area contributed by atoms with Crippen molar-refractivity contribution >= 4 is 40.6 Å². The molecule has 47 heavy (non-hydrogen) atoms. The first-order valence-electron chi connectivity index (χ1n) is 14.7. The molecule has 5 aromatic rings. The number of ether oxygens (including phenoxy) is 2. The summed E-state index contributed by atoms with van der Waals surface area (Å²) in [7, 11) is 3.04. The van der Waals surface area contributed by atoms with E-state index in [1.165, 1.54) is 43.1 Å². The van der Waals surface area contributed by atoms with E-state index in [2.05, 4.69) is 15.5 Å². The van der Waals surface area contributed by atoms with E-state index in [0.29, 0.717) is 34.5 Å². The molecule has 2 aromatic heterocycles. The maximum Gasteiger partial charge on any atom is 0.253 e. The first-order chi connectivity index (χ1) is 22.8. The van der Waals surface area contributed by atoms with Gasteiger partial charge in [0.2, 0.25) is 0 Å². The van der Waals surface area contributed by atoms with Crippen LogP contribution < -0.4 is 14.8 Å². The number of rotatable bonds is 11. The zero-order valence-electron chi connectivity index (χ0n) is 25.8. The Morgan fingerprint density at radius 3 is 2.53 bits per heavy atom. The Kier molecular flexibility index (Phi) is 9.64. The number of thiophene rings is 1. The number of amides is 2. The van der Waals surface area contributed by atoms with Gasteiger partial charge in [-0.05, 0) is 72.0 Å². The summed E-state index contributed by atoms with van der Waals surface area (Å²) in [4.78, 5) is 27.8. The van der Waals surface area contributed by atoms with Gasteiger partial charge in [-0.1, -0.05) is 42.1 Å². The molecule has 0 bridgehead atoms. The number of hydrogen-bond donors (Lipinski definition) is 1. The number of hydrogen-bond acceptors (Lipinski definition) is 9. The number of hydrazone groups is 1. The van der Waals surface area contributed by atoms with Gasteiger partial charge < -0.3 is 14.8 Å². The van der Waals surface area contributed by atoms with Crippen LogP contribution in [0.4, 0.5) is 4.39 Å². The van der Waals surface area contributed by atoms with Crippen LogP contribution in [0.1, 0.15) is 44.6 Å². The van der Waals surface area contributed by atoms with Crippen molar-refractivity contribution < 1.29 is 23.5 Å². The van der Waals surface area contributed by atoms with Gasteiger partial charge in [0.05, 0.1) is 43.1 Å². The van der Waals surface area contributed by atoms with Crippen LogP contribution in [0, 0.1) is 12.7 Å². The van der Waals surface area contributed by atoms with Crippen LogP contribution in [0.5, 0.6) is 11.5 Å². The van der Waals surface area contributed by atoms with Gasteiger partial charge in [-0.25, -0.2) is 9.40 Å². The molecule has 0 spiro atoms. The predicted molar refractivity (Wildman–Crippen MR) is 179 cm³/mol. The minimum absolute atomic E-state index is 0.0286. The minimum Gasteiger partial charge on any atom is -0.493 e. The molecule has 0 radical (unpaired) electrons. The molecule has 240 valence electrons. The zero-order chi connectivity index (χ0) is 32.9. The third-order valence-electron chi connectivity index (χ3n) is 7.56. The number of aromatic nitrogens is 3. The molecule has 6 rings (SSSR count). The number of aryl methyl sites for hydroxylation is 1. The summed E-state index contributed by atoms with van der Waals surface area (Å²) in [5, 5.41) is 20.4. The van der Waals surface area contributed by atoms with E-state index in [4.69, 9.17) is 14.6 Å². The highest BCUT2D eigenvalue weighted by molar-refractivity contribution is 7.99. The maximum absolute atomic E-state index is 13.8. The van der Waals surface area contributed by atoms with Crippen molar-refractivity contribution in [2.45, 2.75) is 31.1 Å². The van der Waals surface area contributed by atoms with Crippen molar-refractivity contribution in [3.05, 3.63) is 117 Å². The summed E-state index contributed by atoms with van der Waals surface area (Å²) in [5.41, 5.74) is 3.83. The van der Waals surface area contributed by atoms with Gasteiger partial charge >= 0.3 is 0 Å². The first kappa shape index (κ1) is 32.0. The van der Waals surface area contributed by atoms with Crippen molar-refractivity contribution in [3.63, 3.8) is 0 Å². The van der Waals surface area contributed by atoms with E-state index in [1.807, 2.05) is 53.3 Å². The lowest BCUT2D eigenvalue weighted by Crippen LogP contribution is -2.28. The molecule has 0 unspecified atom stereocenters.